The number of primary amides is 1. The van der Waals surface area contributed by atoms with E-state index in [9.17, 15) is 31.2 Å². The highest BCUT2D eigenvalue weighted by Crippen LogP contribution is 2.27. The van der Waals surface area contributed by atoms with Crippen molar-refractivity contribution in [2.45, 2.75) is 43.7 Å². The smallest absolute Gasteiger partial charge is 0.475 e. The Bertz CT molecular complexity index is 1320. The van der Waals surface area contributed by atoms with Gasteiger partial charge in [-0.3, -0.25) is 14.3 Å². The van der Waals surface area contributed by atoms with Crippen molar-refractivity contribution < 1.29 is 41.1 Å². The molecule has 1 aromatic heterocycles. The monoisotopic (exact) mass is 564 g/mol. The molecule has 0 saturated carbocycles. The first-order chi connectivity index (χ1) is 17.5. The second kappa shape index (κ2) is 13.3. The minimum Gasteiger partial charge on any atom is -0.475 e. The lowest BCUT2D eigenvalue weighted by molar-refractivity contribution is -0.192. The number of amides is 1. The number of guanidine groups is 1. The number of carboxylic acids is 1. The SMILES string of the molecule is CCc1ccc(S(=O)(=O)Nc2c(C(CCON=C(N)N)C(N)=O)cc(C)[nH]c2=O)cc1.O=C(O)C(F)(F)F. The van der Waals surface area contributed by atoms with E-state index in [4.69, 9.17) is 31.9 Å². The van der Waals surface area contributed by atoms with Crippen LogP contribution in [0.5, 0.6) is 0 Å². The Morgan fingerprint density at radius 2 is 1.74 bits per heavy atom. The lowest BCUT2D eigenvalue weighted by atomic mass is 9.94. The number of aryl methyl sites for hydroxylation is 2. The van der Waals surface area contributed by atoms with E-state index < -0.39 is 39.6 Å². The first-order valence-corrected chi connectivity index (χ1v) is 12.1. The van der Waals surface area contributed by atoms with Crippen molar-refractivity contribution >= 4 is 33.5 Å². The number of anilines is 1. The Labute approximate surface area is 214 Å². The van der Waals surface area contributed by atoms with Crippen molar-refractivity contribution in [3.8, 4) is 0 Å². The van der Waals surface area contributed by atoms with Crippen molar-refractivity contribution in [2.24, 2.45) is 22.4 Å². The summed E-state index contributed by atoms with van der Waals surface area (Å²) in [5.74, 6) is -4.86. The molecule has 1 amide bonds. The molecule has 210 valence electrons. The summed E-state index contributed by atoms with van der Waals surface area (Å²) in [6, 6.07) is 7.73. The topological polar surface area (TPSA) is 233 Å². The molecule has 1 aromatic carbocycles. The zero-order valence-electron chi connectivity index (χ0n) is 20.2. The summed E-state index contributed by atoms with van der Waals surface area (Å²) in [5, 5.41) is 10.5. The minimum absolute atomic E-state index is 0.00886. The summed E-state index contributed by atoms with van der Waals surface area (Å²) in [5.41, 5.74) is 16.4. The molecule has 0 aliphatic heterocycles. The van der Waals surface area contributed by atoms with Crippen molar-refractivity contribution in [3.05, 3.63) is 57.5 Å². The number of alkyl halides is 3. The van der Waals surface area contributed by atoms with Gasteiger partial charge >= 0.3 is 12.1 Å². The standard InChI is InChI=1S/C19H26N6O5S.C2HF3O2/c1-3-12-4-6-13(7-5-12)31(28,29)25-16-15(10-11(2)23-18(16)27)14(17(20)26)8-9-30-24-19(21)22;3-2(4,5)1(6)7/h4-7,10,14,25H,3,8-9H2,1-2H3,(H2,20,26)(H,23,27)(H4,21,22,24);(H,6,7). The Hall–Kier alpha value is -4.28. The molecule has 13 nitrogen and oxygen atoms in total. The highest BCUT2D eigenvalue weighted by molar-refractivity contribution is 7.92. The molecule has 38 heavy (non-hydrogen) atoms. The number of carbonyl (C=O) groups excluding carboxylic acids is 1. The molecule has 0 saturated heterocycles. The van der Waals surface area contributed by atoms with Crippen LogP contribution < -0.4 is 27.5 Å². The van der Waals surface area contributed by atoms with Gasteiger partial charge < -0.3 is 32.1 Å². The van der Waals surface area contributed by atoms with E-state index >= 15 is 0 Å². The molecule has 9 N–H and O–H groups in total. The van der Waals surface area contributed by atoms with Crippen LogP contribution in [-0.4, -0.2) is 49.1 Å². The van der Waals surface area contributed by atoms with Gasteiger partial charge in [-0.25, -0.2) is 13.2 Å². The lowest BCUT2D eigenvalue weighted by Crippen LogP contribution is -2.29. The maximum Gasteiger partial charge on any atom is 0.490 e. The number of H-pyrrole nitrogens is 1. The van der Waals surface area contributed by atoms with Crippen molar-refractivity contribution in [3.63, 3.8) is 0 Å². The third-order valence-corrected chi connectivity index (χ3v) is 6.07. The molecule has 0 bridgehead atoms. The van der Waals surface area contributed by atoms with Gasteiger partial charge in [0.15, 0.2) is 0 Å². The Kier molecular flexibility index (Phi) is 11.1. The number of pyridine rings is 1. The largest absolute Gasteiger partial charge is 0.490 e. The van der Waals surface area contributed by atoms with Gasteiger partial charge in [0.25, 0.3) is 15.6 Å². The summed E-state index contributed by atoms with van der Waals surface area (Å²) in [6.45, 7) is 3.45. The highest BCUT2D eigenvalue weighted by Gasteiger charge is 2.38. The summed E-state index contributed by atoms with van der Waals surface area (Å²) in [6.07, 6.45) is -4.33. The first kappa shape index (κ1) is 31.7. The molecule has 17 heteroatoms. The number of rotatable bonds is 10. The Morgan fingerprint density at radius 1 is 1.18 bits per heavy atom. The quantitative estimate of drug-likeness (QED) is 0.104. The molecule has 0 fully saturated rings. The van der Waals surface area contributed by atoms with Gasteiger partial charge in [-0.2, -0.15) is 13.2 Å². The number of nitrogens with two attached hydrogens (primary N) is 3. The number of hydrogen-bond acceptors (Lipinski definition) is 7. The molecule has 2 aromatic rings. The number of hydrogen-bond donors (Lipinski definition) is 6. The Balaban J connectivity index is 0.000000905. The van der Waals surface area contributed by atoms with Crippen molar-refractivity contribution in [1.29, 1.82) is 0 Å². The van der Waals surface area contributed by atoms with E-state index in [0.29, 0.717) is 5.69 Å². The minimum atomic E-state index is -5.08. The number of halogens is 3. The number of sulfonamides is 1. The number of benzene rings is 1. The van der Waals surface area contributed by atoms with Crippen LogP contribution in [-0.2, 0) is 30.9 Å². The fraction of sp³-hybridized carbons (Fsp3) is 0.333. The molecule has 1 atom stereocenters. The number of carboxylic acid groups (broad SMARTS) is 1. The van der Waals surface area contributed by atoms with E-state index in [2.05, 4.69) is 14.9 Å². The third kappa shape index (κ3) is 9.64. The molecule has 0 aliphatic carbocycles. The zero-order valence-corrected chi connectivity index (χ0v) is 21.0. The van der Waals surface area contributed by atoms with Gasteiger partial charge in [0.05, 0.1) is 10.8 Å². The second-order valence-corrected chi connectivity index (χ2v) is 9.29. The second-order valence-electron chi connectivity index (χ2n) is 7.61. The van der Waals surface area contributed by atoms with E-state index in [1.807, 2.05) is 6.92 Å². The predicted molar refractivity (Wildman–Crippen MR) is 130 cm³/mol. The number of aliphatic carboxylic acids is 1. The van der Waals surface area contributed by atoms with Crippen LogP contribution in [0.15, 0.2) is 45.2 Å². The molecule has 0 aliphatic rings. The number of nitrogens with zero attached hydrogens (tertiary/aromatic N) is 1. The van der Waals surface area contributed by atoms with Crippen LogP contribution in [0.1, 0.15) is 36.1 Å². The Morgan fingerprint density at radius 3 is 2.18 bits per heavy atom. The normalized spacial score (nSPS) is 11.9. The van der Waals surface area contributed by atoms with Crippen LogP contribution in [0.2, 0.25) is 0 Å². The summed E-state index contributed by atoms with van der Waals surface area (Å²) >= 11 is 0. The number of carbonyl (C=O) groups is 2. The van der Waals surface area contributed by atoms with E-state index in [1.54, 1.807) is 19.1 Å². The maximum absolute atomic E-state index is 12.9. The van der Waals surface area contributed by atoms with Gasteiger partial charge in [-0.05, 0) is 54.2 Å². The van der Waals surface area contributed by atoms with Gasteiger partial charge in [0, 0.05) is 5.69 Å². The lowest BCUT2D eigenvalue weighted by Gasteiger charge is -2.18. The van der Waals surface area contributed by atoms with Crippen LogP contribution >= 0.6 is 0 Å². The van der Waals surface area contributed by atoms with Crippen molar-refractivity contribution in [1.82, 2.24) is 4.98 Å². The maximum atomic E-state index is 12.9. The molecule has 1 unspecified atom stereocenters. The number of oxime groups is 1. The van der Waals surface area contributed by atoms with Crippen molar-refractivity contribution in [2.75, 3.05) is 11.3 Å². The number of aromatic amines is 1. The van der Waals surface area contributed by atoms with Crippen LogP contribution in [0, 0.1) is 6.92 Å². The third-order valence-electron chi connectivity index (χ3n) is 4.71. The highest BCUT2D eigenvalue weighted by atomic mass is 32.2. The average molecular weight is 565 g/mol. The van der Waals surface area contributed by atoms with Gasteiger partial charge in [0.1, 0.15) is 12.3 Å². The van der Waals surface area contributed by atoms with E-state index in [0.717, 1.165) is 12.0 Å². The van der Waals surface area contributed by atoms with E-state index in [-0.39, 0.29) is 35.1 Å². The molecule has 2 rings (SSSR count). The fourth-order valence-corrected chi connectivity index (χ4v) is 4.03. The van der Waals surface area contributed by atoms with Crippen LogP contribution in [0.3, 0.4) is 0 Å². The number of aromatic nitrogens is 1. The summed E-state index contributed by atoms with van der Waals surface area (Å²) < 4.78 is 59.8. The average Bonchev–Trinajstić information content (AvgIpc) is 2.80. The number of nitrogens with one attached hydrogen (secondary N) is 2. The summed E-state index contributed by atoms with van der Waals surface area (Å²) in [7, 11) is -4.10. The van der Waals surface area contributed by atoms with Crippen LogP contribution in [0.4, 0.5) is 18.9 Å². The molecule has 1 heterocycles. The first-order valence-electron chi connectivity index (χ1n) is 10.7. The molecular weight excluding hydrogens is 537 g/mol. The van der Waals surface area contributed by atoms with E-state index in [1.165, 1.54) is 18.2 Å². The predicted octanol–water partition coefficient (Wildman–Crippen LogP) is 0.844. The zero-order chi connectivity index (χ0) is 29.3. The van der Waals surface area contributed by atoms with Gasteiger partial charge in [0.2, 0.25) is 11.9 Å². The van der Waals surface area contributed by atoms with Crippen LogP contribution in [0.25, 0.3) is 0 Å². The molecule has 0 radical (unpaired) electrons. The summed E-state index contributed by atoms with van der Waals surface area (Å²) in [4.78, 5) is 41.0. The van der Waals surface area contributed by atoms with Gasteiger partial charge in [-0.15, -0.1) is 0 Å². The van der Waals surface area contributed by atoms with Gasteiger partial charge in [-0.1, -0.05) is 19.1 Å². The fourth-order valence-electron chi connectivity index (χ4n) is 2.93. The molecule has 0 spiro atoms. The molecular formula is C21H27F3N6O7S.